The van der Waals surface area contributed by atoms with Crippen LogP contribution in [0, 0.1) is 5.92 Å². The van der Waals surface area contributed by atoms with E-state index >= 15 is 0 Å². The second-order valence-corrected chi connectivity index (χ2v) is 4.83. The van der Waals surface area contributed by atoms with Crippen molar-refractivity contribution in [2.75, 3.05) is 13.1 Å². The van der Waals surface area contributed by atoms with Gasteiger partial charge in [-0.3, -0.25) is 0 Å². The minimum atomic E-state index is 0.367. The molecule has 84 valence electrons. The van der Waals surface area contributed by atoms with Crippen LogP contribution in [0.5, 0.6) is 0 Å². The van der Waals surface area contributed by atoms with Crippen molar-refractivity contribution in [1.29, 1.82) is 0 Å². The first-order valence-corrected chi connectivity index (χ1v) is 6.25. The maximum Gasteiger partial charge on any atom is 0.00109 e. The van der Waals surface area contributed by atoms with Crippen molar-refractivity contribution >= 4 is 0 Å². The van der Waals surface area contributed by atoms with E-state index in [-0.39, 0.29) is 0 Å². The molecule has 0 aromatic rings. The Bertz CT molecular complexity index is 128. The summed E-state index contributed by atoms with van der Waals surface area (Å²) in [6.07, 6.45) is 9.63. The van der Waals surface area contributed by atoms with Crippen molar-refractivity contribution in [3.8, 4) is 0 Å². The fourth-order valence-electron chi connectivity index (χ4n) is 2.25. The van der Waals surface area contributed by atoms with E-state index in [0.717, 1.165) is 18.9 Å². The van der Waals surface area contributed by atoms with Gasteiger partial charge in [-0.15, -0.1) is 0 Å². The zero-order chi connectivity index (χ0) is 10.2. The molecule has 0 aromatic carbocycles. The predicted molar refractivity (Wildman–Crippen MR) is 62.3 cm³/mol. The van der Waals surface area contributed by atoms with Gasteiger partial charge >= 0.3 is 0 Å². The summed E-state index contributed by atoms with van der Waals surface area (Å²) in [6, 6.07) is 0.367. The van der Waals surface area contributed by atoms with E-state index in [9.17, 15) is 0 Å². The molecule has 1 fully saturated rings. The molecule has 1 rings (SSSR count). The van der Waals surface area contributed by atoms with Crippen molar-refractivity contribution < 1.29 is 0 Å². The van der Waals surface area contributed by atoms with Crippen LogP contribution in [0.15, 0.2) is 0 Å². The van der Waals surface area contributed by atoms with Crippen molar-refractivity contribution in [3.05, 3.63) is 0 Å². The molecule has 1 aliphatic carbocycles. The molecule has 1 saturated carbocycles. The molecular weight excluding hydrogens is 172 g/mol. The number of rotatable bonds is 6. The standard InChI is InChI=1S/C12H26N2/c1-11(13)6-5-9-14-10-12-7-3-2-4-8-12/h11-12,14H,2-10,13H2,1H3. The Morgan fingerprint density at radius 1 is 1.29 bits per heavy atom. The van der Waals surface area contributed by atoms with Crippen molar-refractivity contribution in [1.82, 2.24) is 5.32 Å². The van der Waals surface area contributed by atoms with Crippen LogP contribution in [-0.2, 0) is 0 Å². The van der Waals surface area contributed by atoms with E-state index in [1.165, 1.54) is 45.1 Å². The smallest absolute Gasteiger partial charge is 0.00109 e. The molecule has 0 aromatic heterocycles. The van der Waals surface area contributed by atoms with Gasteiger partial charge in [-0.1, -0.05) is 19.3 Å². The first kappa shape index (κ1) is 12.0. The van der Waals surface area contributed by atoms with E-state index in [0.29, 0.717) is 6.04 Å². The average Bonchev–Trinajstić information content (AvgIpc) is 2.18. The van der Waals surface area contributed by atoms with Crippen molar-refractivity contribution in [2.24, 2.45) is 11.7 Å². The van der Waals surface area contributed by atoms with Gasteiger partial charge < -0.3 is 11.1 Å². The molecule has 0 bridgehead atoms. The fraction of sp³-hybridized carbons (Fsp3) is 1.00. The fourth-order valence-corrected chi connectivity index (χ4v) is 2.25. The number of nitrogens with one attached hydrogen (secondary N) is 1. The van der Waals surface area contributed by atoms with Crippen LogP contribution in [0.25, 0.3) is 0 Å². The first-order valence-electron chi connectivity index (χ1n) is 6.25. The number of hydrogen-bond acceptors (Lipinski definition) is 2. The average molecular weight is 198 g/mol. The Labute approximate surface area is 88.6 Å². The largest absolute Gasteiger partial charge is 0.328 e. The highest BCUT2D eigenvalue weighted by molar-refractivity contribution is 4.68. The highest BCUT2D eigenvalue weighted by Crippen LogP contribution is 2.22. The summed E-state index contributed by atoms with van der Waals surface area (Å²) in [4.78, 5) is 0. The summed E-state index contributed by atoms with van der Waals surface area (Å²) in [5, 5.41) is 3.55. The second-order valence-electron chi connectivity index (χ2n) is 4.83. The number of nitrogens with two attached hydrogens (primary N) is 1. The van der Waals surface area contributed by atoms with Gasteiger partial charge in [-0.05, 0) is 51.6 Å². The zero-order valence-corrected chi connectivity index (χ0v) is 9.60. The Kier molecular flexibility index (Phi) is 6.20. The minimum Gasteiger partial charge on any atom is -0.328 e. The Hall–Kier alpha value is -0.0800. The molecular formula is C12H26N2. The Balaban J connectivity index is 1.87. The predicted octanol–water partition coefficient (Wildman–Crippen LogP) is 2.28. The van der Waals surface area contributed by atoms with E-state index in [4.69, 9.17) is 5.73 Å². The summed E-state index contributed by atoms with van der Waals surface area (Å²) < 4.78 is 0. The first-order chi connectivity index (χ1) is 6.79. The third-order valence-corrected chi connectivity index (χ3v) is 3.17. The van der Waals surface area contributed by atoms with Crippen LogP contribution in [0.4, 0.5) is 0 Å². The van der Waals surface area contributed by atoms with E-state index in [2.05, 4.69) is 12.2 Å². The van der Waals surface area contributed by atoms with Crippen LogP contribution in [0.3, 0.4) is 0 Å². The molecule has 14 heavy (non-hydrogen) atoms. The van der Waals surface area contributed by atoms with Crippen LogP contribution in [0.1, 0.15) is 51.9 Å². The van der Waals surface area contributed by atoms with Gasteiger partial charge in [0.1, 0.15) is 0 Å². The minimum absolute atomic E-state index is 0.367. The summed E-state index contributed by atoms with van der Waals surface area (Å²) in [5.41, 5.74) is 5.69. The second kappa shape index (κ2) is 7.24. The molecule has 1 atom stereocenters. The molecule has 0 saturated heterocycles. The van der Waals surface area contributed by atoms with Gasteiger partial charge in [0.15, 0.2) is 0 Å². The van der Waals surface area contributed by atoms with Gasteiger partial charge in [0.05, 0.1) is 0 Å². The molecule has 1 unspecified atom stereocenters. The molecule has 0 radical (unpaired) electrons. The lowest BCUT2D eigenvalue weighted by Crippen LogP contribution is -2.26. The Morgan fingerprint density at radius 2 is 2.00 bits per heavy atom. The summed E-state index contributed by atoms with van der Waals surface area (Å²) in [7, 11) is 0. The van der Waals surface area contributed by atoms with E-state index in [1.54, 1.807) is 0 Å². The van der Waals surface area contributed by atoms with Gasteiger partial charge in [-0.2, -0.15) is 0 Å². The lowest BCUT2D eigenvalue weighted by Gasteiger charge is -2.21. The third kappa shape index (κ3) is 5.61. The summed E-state index contributed by atoms with van der Waals surface area (Å²) in [5.74, 6) is 0.957. The van der Waals surface area contributed by atoms with Gasteiger partial charge in [0.2, 0.25) is 0 Å². The van der Waals surface area contributed by atoms with E-state index in [1.807, 2.05) is 0 Å². The quantitative estimate of drug-likeness (QED) is 0.643. The molecule has 0 heterocycles. The van der Waals surface area contributed by atoms with Crippen LogP contribution < -0.4 is 11.1 Å². The summed E-state index contributed by atoms with van der Waals surface area (Å²) in [6.45, 7) is 4.47. The SMILES string of the molecule is CC(N)CCCNCC1CCCCC1. The Morgan fingerprint density at radius 3 is 2.64 bits per heavy atom. The third-order valence-electron chi connectivity index (χ3n) is 3.17. The monoisotopic (exact) mass is 198 g/mol. The topological polar surface area (TPSA) is 38.0 Å². The highest BCUT2D eigenvalue weighted by Gasteiger charge is 2.12. The zero-order valence-electron chi connectivity index (χ0n) is 9.60. The molecule has 1 aliphatic rings. The maximum absolute atomic E-state index is 5.69. The summed E-state index contributed by atoms with van der Waals surface area (Å²) >= 11 is 0. The van der Waals surface area contributed by atoms with Gasteiger partial charge in [0.25, 0.3) is 0 Å². The molecule has 0 spiro atoms. The van der Waals surface area contributed by atoms with Gasteiger partial charge in [-0.25, -0.2) is 0 Å². The maximum atomic E-state index is 5.69. The van der Waals surface area contributed by atoms with Crippen LogP contribution >= 0.6 is 0 Å². The van der Waals surface area contributed by atoms with Crippen LogP contribution in [-0.4, -0.2) is 19.1 Å². The molecule has 2 nitrogen and oxygen atoms in total. The highest BCUT2D eigenvalue weighted by atomic mass is 14.9. The van der Waals surface area contributed by atoms with Gasteiger partial charge in [0, 0.05) is 6.04 Å². The lowest BCUT2D eigenvalue weighted by molar-refractivity contribution is 0.341. The number of hydrogen-bond donors (Lipinski definition) is 2. The molecule has 0 amide bonds. The normalized spacial score (nSPS) is 21.0. The van der Waals surface area contributed by atoms with Crippen molar-refractivity contribution in [2.45, 2.75) is 57.9 Å². The van der Waals surface area contributed by atoms with E-state index < -0.39 is 0 Å². The molecule has 3 N–H and O–H groups in total. The molecule has 2 heteroatoms. The molecule has 0 aliphatic heterocycles. The van der Waals surface area contributed by atoms with Crippen LogP contribution in [0.2, 0.25) is 0 Å². The van der Waals surface area contributed by atoms with Crippen molar-refractivity contribution in [3.63, 3.8) is 0 Å². The lowest BCUT2D eigenvalue weighted by atomic mass is 9.89.